The topological polar surface area (TPSA) is 24.9 Å². The van der Waals surface area contributed by atoms with Gasteiger partial charge in [-0.3, -0.25) is 4.98 Å². The van der Waals surface area contributed by atoms with Crippen LogP contribution in [0.5, 0.6) is 0 Å². The van der Waals surface area contributed by atoms with Crippen LogP contribution in [0.4, 0.5) is 0 Å². The summed E-state index contributed by atoms with van der Waals surface area (Å²) in [6.07, 6.45) is 5.07. The molecule has 0 amide bonds. The molecule has 0 saturated carbocycles. The second-order valence-electron chi connectivity index (χ2n) is 4.28. The lowest BCUT2D eigenvalue weighted by molar-refractivity contribution is 0.381. The van der Waals surface area contributed by atoms with E-state index in [1.54, 1.807) is 12.3 Å². The van der Waals surface area contributed by atoms with Gasteiger partial charge in [0.1, 0.15) is 0 Å². The van der Waals surface area contributed by atoms with Crippen LogP contribution in [0.2, 0.25) is 10.0 Å². The maximum absolute atomic E-state index is 6.19. The van der Waals surface area contributed by atoms with E-state index in [1.807, 2.05) is 7.05 Å². The molecule has 1 N–H and O–H groups in total. The molecular weight excluding hydrogens is 255 g/mol. The molecule has 2 nitrogen and oxygen atoms in total. The van der Waals surface area contributed by atoms with Crippen molar-refractivity contribution in [2.75, 3.05) is 7.05 Å². The zero-order valence-electron chi connectivity index (χ0n) is 10.6. The molecule has 0 aliphatic carbocycles. The summed E-state index contributed by atoms with van der Waals surface area (Å²) >= 11 is 12.0. The molecule has 1 rings (SSSR count). The second-order valence-corrected chi connectivity index (χ2v) is 5.12. The van der Waals surface area contributed by atoms with Crippen molar-refractivity contribution >= 4 is 23.2 Å². The molecule has 1 heterocycles. The molecule has 0 aliphatic heterocycles. The Labute approximate surface area is 114 Å². The Morgan fingerprint density at radius 1 is 1.29 bits per heavy atom. The number of rotatable bonds is 6. The number of aromatic nitrogens is 1. The van der Waals surface area contributed by atoms with Gasteiger partial charge in [0.25, 0.3) is 0 Å². The fourth-order valence-corrected chi connectivity index (χ4v) is 2.51. The standard InChI is InChI=1S/C13H20Cl2N2/c1-4-9(5-2)6-12(16-3)13-11(15)7-10(14)8-17-13/h7-9,12,16H,4-6H2,1-3H3. The molecule has 0 bridgehead atoms. The van der Waals surface area contributed by atoms with Crippen molar-refractivity contribution in [3.05, 3.63) is 28.0 Å². The highest BCUT2D eigenvalue weighted by Gasteiger charge is 2.18. The molecule has 17 heavy (non-hydrogen) atoms. The van der Waals surface area contributed by atoms with Gasteiger partial charge in [0, 0.05) is 6.20 Å². The molecule has 1 aromatic rings. The Balaban J connectivity index is 2.85. The highest BCUT2D eigenvalue weighted by atomic mass is 35.5. The number of hydrogen-bond donors (Lipinski definition) is 1. The van der Waals surface area contributed by atoms with Crippen LogP contribution in [0.1, 0.15) is 44.8 Å². The van der Waals surface area contributed by atoms with Crippen LogP contribution in [-0.2, 0) is 0 Å². The molecule has 1 aromatic heterocycles. The summed E-state index contributed by atoms with van der Waals surface area (Å²) in [7, 11) is 1.94. The van der Waals surface area contributed by atoms with Gasteiger partial charge >= 0.3 is 0 Å². The van der Waals surface area contributed by atoms with Crippen molar-refractivity contribution in [3.8, 4) is 0 Å². The van der Waals surface area contributed by atoms with Crippen molar-refractivity contribution in [2.24, 2.45) is 5.92 Å². The SMILES string of the molecule is CCC(CC)CC(NC)c1ncc(Cl)cc1Cl. The third kappa shape index (κ3) is 4.13. The van der Waals surface area contributed by atoms with Gasteiger partial charge in [-0.1, -0.05) is 49.9 Å². The maximum atomic E-state index is 6.19. The minimum atomic E-state index is 0.199. The maximum Gasteiger partial charge on any atom is 0.0760 e. The van der Waals surface area contributed by atoms with Crippen LogP contribution in [0, 0.1) is 5.92 Å². The molecule has 0 radical (unpaired) electrons. The summed E-state index contributed by atoms with van der Waals surface area (Å²) in [6.45, 7) is 4.44. The molecule has 0 aromatic carbocycles. The highest BCUT2D eigenvalue weighted by Crippen LogP contribution is 2.29. The first kappa shape index (κ1) is 14.7. The van der Waals surface area contributed by atoms with E-state index in [9.17, 15) is 0 Å². The third-order valence-electron chi connectivity index (χ3n) is 3.24. The second kappa shape index (κ2) is 7.20. The Hall–Kier alpha value is -0.310. The minimum absolute atomic E-state index is 0.199. The van der Waals surface area contributed by atoms with Gasteiger partial charge in [0.15, 0.2) is 0 Å². The smallest absolute Gasteiger partial charge is 0.0760 e. The van der Waals surface area contributed by atoms with Gasteiger partial charge in [-0.05, 0) is 25.5 Å². The Kier molecular flexibility index (Phi) is 6.24. The number of pyridine rings is 1. The zero-order valence-corrected chi connectivity index (χ0v) is 12.1. The van der Waals surface area contributed by atoms with Crippen LogP contribution in [0.25, 0.3) is 0 Å². The minimum Gasteiger partial charge on any atom is -0.312 e. The Morgan fingerprint density at radius 2 is 1.94 bits per heavy atom. The lowest BCUT2D eigenvalue weighted by Gasteiger charge is -2.21. The number of hydrogen-bond acceptors (Lipinski definition) is 2. The van der Waals surface area contributed by atoms with E-state index in [1.165, 1.54) is 12.8 Å². The zero-order chi connectivity index (χ0) is 12.8. The quantitative estimate of drug-likeness (QED) is 0.828. The first-order valence-corrected chi connectivity index (χ1v) is 6.86. The summed E-state index contributed by atoms with van der Waals surface area (Å²) in [5.74, 6) is 0.695. The summed E-state index contributed by atoms with van der Waals surface area (Å²) < 4.78 is 0. The van der Waals surface area contributed by atoms with Gasteiger partial charge in [-0.2, -0.15) is 0 Å². The van der Waals surface area contributed by atoms with E-state index in [0.29, 0.717) is 16.0 Å². The molecular formula is C13H20Cl2N2. The lowest BCUT2D eigenvalue weighted by atomic mass is 9.93. The first-order valence-electron chi connectivity index (χ1n) is 6.10. The number of nitrogens with zero attached hydrogens (tertiary/aromatic N) is 1. The van der Waals surface area contributed by atoms with Crippen LogP contribution >= 0.6 is 23.2 Å². The van der Waals surface area contributed by atoms with Crippen LogP contribution in [-0.4, -0.2) is 12.0 Å². The van der Waals surface area contributed by atoms with Crippen LogP contribution < -0.4 is 5.32 Å². The van der Waals surface area contributed by atoms with Gasteiger partial charge in [-0.25, -0.2) is 0 Å². The van der Waals surface area contributed by atoms with Crippen molar-refractivity contribution in [2.45, 2.75) is 39.2 Å². The summed E-state index contributed by atoms with van der Waals surface area (Å²) in [5.41, 5.74) is 0.894. The van der Waals surface area contributed by atoms with Crippen LogP contribution in [0.15, 0.2) is 12.3 Å². The summed E-state index contributed by atoms with van der Waals surface area (Å²) in [5, 5.41) is 4.51. The van der Waals surface area contributed by atoms with Gasteiger partial charge in [0.05, 0.1) is 21.8 Å². The molecule has 0 saturated heterocycles. The largest absolute Gasteiger partial charge is 0.312 e. The fraction of sp³-hybridized carbons (Fsp3) is 0.615. The number of nitrogens with one attached hydrogen (secondary N) is 1. The Morgan fingerprint density at radius 3 is 2.41 bits per heavy atom. The predicted octanol–water partition coefficient (Wildman–Crippen LogP) is 4.48. The molecule has 1 unspecified atom stereocenters. The van der Waals surface area contributed by atoms with Gasteiger partial charge in [-0.15, -0.1) is 0 Å². The third-order valence-corrected chi connectivity index (χ3v) is 3.75. The summed E-state index contributed by atoms with van der Waals surface area (Å²) in [4.78, 5) is 4.34. The predicted molar refractivity (Wildman–Crippen MR) is 74.7 cm³/mol. The summed E-state index contributed by atoms with van der Waals surface area (Å²) in [6, 6.07) is 1.95. The molecule has 0 spiro atoms. The van der Waals surface area contributed by atoms with Gasteiger partial charge < -0.3 is 5.32 Å². The van der Waals surface area contributed by atoms with Crippen molar-refractivity contribution < 1.29 is 0 Å². The first-order chi connectivity index (χ1) is 8.12. The van der Waals surface area contributed by atoms with Gasteiger partial charge in [0.2, 0.25) is 0 Å². The highest BCUT2D eigenvalue weighted by molar-refractivity contribution is 6.34. The average molecular weight is 275 g/mol. The Bertz CT molecular complexity index is 351. The fourth-order valence-electron chi connectivity index (χ4n) is 2.00. The number of halogens is 2. The van der Waals surface area contributed by atoms with E-state index in [-0.39, 0.29) is 6.04 Å². The average Bonchev–Trinajstić information content (AvgIpc) is 2.32. The van der Waals surface area contributed by atoms with E-state index in [0.717, 1.165) is 12.1 Å². The van der Waals surface area contributed by atoms with E-state index >= 15 is 0 Å². The molecule has 1 atom stereocenters. The normalized spacial score (nSPS) is 13.1. The van der Waals surface area contributed by atoms with E-state index in [4.69, 9.17) is 23.2 Å². The van der Waals surface area contributed by atoms with E-state index < -0.39 is 0 Å². The van der Waals surface area contributed by atoms with E-state index in [2.05, 4.69) is 24.1 Å². The molecule has 0 aliphatic rings. The molecule has 4 heteroatoms. The monoisotopic (exact) mass is 274 g/mol. The molecule has 0 fully saturated rings. The van der Waals surface area contributed by atoms with Crippen LogP contribution in [0.3, 0.4) is 0 Å². The van der Waals surface area contributed by atoms with Crippen molar-refractivity contribution in [1.29, 1.82) is 0 Å². The van der Waals surface area contributed by atoms with Crippen molar-refractivity contribution in [3.63, 3.8) is 0 Å². The van der Waals surface area contributed by atoms with Crippen molar-refractivity contribution in [1.82, 2.24) is 10.3 Å². The molecule has 96 valence electrons. The lowest BCUT2D eigenvalue weighted by Crippen LogP contribution is -2.21.